The number of ether oxygens (including phenoxy) is 1. The third-order valence-electron chi connectivity index (χ3n) is 4.89. The first-order valence-corrected chi connectivity index (χ1v) is 10.4. The molecular weight excluding hydrogens is 426 g/mol. The summed E-state index contributed by atoms with van der Waals surface area (Å²) in [7, 11) is 1.45. The van der Waals surface area contributed by atoms with Crippen molar-refractivity contribution in [3.05, 3.63) is 80.4 Å². The number of benzene rings is 1. The fourth-order valence-corrected chi connectivity index (χ4v) is 4.39. The summed E-state index contributed by atoms with van der Waals surface area (Å²) in [5, 5.41) is 13.4. The zero-order chi connectivity index (χ0) is 21.4. The third-order valence-corrected chi connectivity index (χ3v) is 5.99. The number of aryl methyl sites for hydroxylation is 1. The summed E-state index contributed by atoms with van der Waals surface area (Å²) >= 11 is 7.58. The van der Waals surface area contributed by atoms with E-state index in [4.69, 9.17) is 20.8 Å². The van der Waals surface area contributed by atoms with Crippen molar-refractivity contribution in [3.63, 3.8) is 0 Å². The molecule has 6 nitrogen and oxygen atoms in total. The van der Waals surface area contributed by atoms with Crippen LogP contribution in [0, 0.1) is 6.92 Å². The Morgan fingerprint density at radius 2 is 2.07 bits per heavy atom. The number of hydrogen-bond donors (Lipinski definition) is 1. The summed E-state index contributed by atoms with van der Waals surface area (Å²) in [5.74, 6) is -0.496. The molecule has 2 aromatic heterocycles. The molecule has 30 heavy (non-hydrogen) atoms. The van der Waals surface area contributed by atoms with Gasteiger partial charge in [0.15, 0.2) is 0 Å². The highest BCUT2D eigenvalue weighted by molar-refractivity contribution is 7.09. The van der Waals surface area contributed by atoms with Crippen LogP contribution in [-0.2, 0) is 16.1 Å². The van der Waals surface area contributed by atoms with Crippen LogP contribution in [0.4, 0.5) is 0 Å². The lowest BCUT2D eigenvalue weighted by atomic mass is 9.99. The number of hydrogen-bond acceptors (Lipinski definition) is 6. The Hall–Kier alpha value is -3.03. The van der Waals surface area contributed by atoms with E-state index in [0.717, 1.165) is 4.88 Å². The van der Waals surface area contributed by atoms with Crippen molar-refractivity contribution in [3.8, 4) is 5.75 Å². The number of carbonyl (C=O) groups excluding carboxylic acids is 2. The summed E-state index contributed by atoms with van der Waals surface area (Å²) in [6.07, 6.45) is 0. The minimum Gasteiger partial charge on any atom is -0.507 e. The predicted octanol–water partition coefficient (Wildman–Crippen LogP) is 4.93. The standard InChI is InChI=1S/C22H18ClNO5S/c1-12-5-7-17(29-12)19-18(20(25)15-10-13(23)6-8-16(15)28-2)21(26)22(27)24(19)11-14-4-3-9-30-14/h3-10,19,25H,11H2,1-2H3/b20-18+. The van der Waals surface area contributed by atoms with E-state index in [1.807, 2.05) is 17.5 Å². The van der Waals surface area contributed by atoms with E-state index in [2.05, 4.69) is 0 Å². The number of thiophene rings is 1. The van der Waals surface area contributed by atoms with E-state index in [1.54, 1.807) is 31.2 Å². The Morgan fingerprint density at radius 1 is 1.27 bits per heavy atom. The van der Waals surface area contributed by atoms with Crippen LogP contribution in [0.3, 0.4) is 0 Å². The van der Waals surface area contributed by atoms with Gasteiger partial charge in [-0.05, 0) is 48.7 Å². The molecule has 1 N–H and O–H groups in total. The highest BCUT2D eigenvalue weighted by Crippen LogP contribution is 2.42. The molecule has 0 radical (unpaired) electrons. The maximum atomic E-state index is 13.0. The normalized spacial score (nSPS) is 18.2. The van der Waals surface area contributed by atoms with Crippen LogP contribution in [-0.4, -0.2) is 28.8 Å². The number of carbonyl (C=O) groups is 2. The average Bonchev–Trinajstić information content (AvgIpc) is 3.45. The Labute approximate surface area is 181 Å². The maximum absolute atomic E-state index is 13.0. The monoisotopic (exact) mass is 443 g/mol. The number of aliphatic hydroxyl groups is 1. The predicted molar refractivity (Wildman–Crippen MR) is 114 cm³/mol. The summed E-state index contributed by atoms with van der Waals surface area (Å²) in [6.45, 7) is 1.99. The van der Waals surface area contributed by atoms with Crippen LogP contribution in [0.15, 0.2) is 57.8 Å². The molecule has 1 unspecified atom stereocenters. The number of amides is 1. The van der Waals surface area contributed by atoms with Gasteiger partial charge < -0.3 is 19.2 Å². The molecule has 1 saturated heterocycles. The number of furan rings is 1. The Kier molecular flexibility index (Phi) is 5.40. The lowest BCUT2D eigenvalue weighted by molar-refractivity contribution is -0.140. The molecule has 3 aromatic rings. The molecule has 3 heterocycles. The van der Waals surface area contributed by atoms with Gasteiger partial charge in [0.05, 0.1) is 24.8 Å². The Balaban J connectivity index is 1.90. The van der Waals surface area contributed by atoms with Crippen molar-refractivity contribution in [2.45, 2.75) is 19.5 Å². The van der Waals surface area contributed by atoms with E-state index < -0.39 is 17.7 Å². The molecule has 0 spiro atoms. The molecule has 154 valence electrons. The van der Waals surface area contributed by atoms with Crippen molar-refractivity contribution in [2.24, 2.45) is 0 Å². The molecule has 1 aromatic carbocycles. The van der Waals surface area contributed by atoms with Crippen LogP contribution in [0.1, 0.15) is 28.0 Å². The van der Waals surface area contributed by atoms with Crippen molar-refractivity contribution in [1.82, 2.24) is 4.90 Å². The molecule has 1 amide bonds. The van der Waals surface area contributed by atoms with E-state index in [0.29, 0.717) is 22.3 Å². The largest absolute Gasteiger partial charge is 0.507 e. The first kappa shape index (κ1) is 20.3. The summed E-state index contributed by atoms with van der Waals surface area (Å²) in [5.41, 5.74) is 0.166. The number of halogens is 1. The number of methoxy groups -OCH3 is 1. The maximum Gasteiger partial charge on any atom is 0.296 e. The van der Waals surface area contributed by atoms with Crippen molar-refractivity contribution >= 4 is 40.4 Å². The Bertz CT molecular complexity index is 1150. The number of nitrogens with zero attached hydrogens (tertiary/aromatic N) is 1. The lowest BCUT2D eigenvalue weighted by Gasteiger charge is -2.23. The Morgan fingerprint density at radius 3 is 2.70 bits per heavy atom. The van der Waals surface area contributed by atoms with Gasteiger partial charge in [-0.1, -0.05) is 17.7 Å². The van der Waals surface area contributed by atoms with Gasteiger partial charge in [0.1, 0.15) is 29.1 Å². The zero-order valence-corrected chi connectivity index (χ0v) is 17.8. The highest BCUT2D eigenvalue weighted by Gasteiger charge is 2.47. The van der Waals surface area contributed by atoms with E-state index in [9.17, 15) is 14.7 Å². The number of likely N-dealkylation sites (tertiary alicyclic amines) is 1. The molecule has 1 fully saturated rings. The molecule has 0 aliphatic carbocycles. The van der Waals surface area contributed by atoms with Crippen molar-refractivity contribution in [2.75, 3.05) is 7.11 Å². The van der Waals surface area contributed by atoms with Crippen LogP contribution in [0.5, 0.6) is 5.75 Å². The van der Waals surface area contributed by atoms with Gasteiger partial charge in [-0.15, -0.1) is 11.3 Å². The molecular formula is C22H18ClNO5S. The smallest absolute Gasteiger partial charge is 0.296 e. The fourth-order valence-electron chi connectivity index (χ4n) is 3.52. The molecule has 1 aliphatic rings. The topological polar surface area (TPSA) is 80.0 Å². The fraction of sp³-hybridized carbons (Fsp3) is 0.182. The minimum atomic E-state index is -0.871. The quantitative estimate of drug-likeness (QED) is 0.343. The second kappa shape index (κ2) is 8.01. The first-order valence-electron chi connectivity index (χ1n) is 9.11. The van der Waals surface area contributed by atoms with Gasteiger partial charge in [-0.2, -0.15) is 0 Å². The first-order chi connectivity index (χ1) is 14.4. The van der Waals surface area contributed by atoms with Gasteiger partial charge in [0.25, 0.3) is 11.7 Å². The molecule has 0 bridgehead atoms. The van der Waals surface area contributed by atoms with Crippen LogP contribution in [0.2, 0.25) is 5.02 Å². The van der Waals surface area contributed by atoms with E-state index in [-0.39, 0.29) is 23.4 Å². The van der Waals surface area contributed by atoms with Crippen LogP contribution in [0.25, 0.3) is 5.76 Å². The van der Waals surface area contributed by atoms with Gasteiger partial charge in [0, 0.05) is 9.90 Å². The molecule has 4 rings (SSSR count). The summed E-state index contributed by atoms with van der Waals surface area (Å²) in [6, 6.07) is 11.0. The molecule has 8 heteroatoms. The average molecular weight is 444 g/mol. The summed E-state index contributed by atoms with van der Waals surface area (Å²) in [4.78, 5) is 28.3. The van der Waals surface area contributed by atoms with Crippen LogP contribution >= 0.6 is 22.9 Å². The zero-order valence-electron chi connectivity index (χ0n) is 16.2. The van der Waals surface area contributed by atoms with Gasteiger partial charge in [-0.3, -0.25) is 9.59 Å². The van der Waals surface area contributed by atoms with Crippen molar-refractivity contribution in [1.29, 1.82) is 0 Å². The number of Topliss-reactive ketones (excluding diaryl/α,β-unsaturated/α-hetero) is 1. The van der Waals surface area contributed by atoms with Gasteiger partial charge in [0.2, 0.25) is 0 Å². The minimum absolute atomic E-state index is 0.0635. The lowest BCUT2D eigenvalue weighted by Crippen LogP contribution is -2.28. The van der Waals surface area contributed by atoms with Crippen LogP contribution < -0.4 is 4.74 Å². The second-order valence-electron chi connectivity index (χ2n) is 6.80. The summed E-state index contributed by atoms with van der Waals surface area (Å²) < 4.78 is 11.1. The molecule has 0 saturated carbocycles. The number of rotatable bonds is 5. The van der Waals surface area contributed by atoms with E-state index >= 15 is 0 Å². The van der Waals surface area contributed by atoms with E-state index in [1.165, 1.54) is 29.4 Å². The number of ketones is 1. The SMILES string of the molecule is COc1ccc(Cl)cc1/C(O)=C1\C(=O)C(=O)N(Cc2cccs2)C1c1ccc(C)o1. The second-order valence-corrected chi connectivity index (χ2v) is 8.27. The van der Waals surface area contributed by atoms with Gasteiger partial charge >= 0.3 is 0 Å². The number of aliphatic hydroxyl groups excluding tert-OH is 1. The van der Waals surface area contributed by atoms with Crippen molar-refractivity contribution < 1.29 is 23.8 Å². The van der Waals surface area contributed by atoms with Gasteiger partial charge in [-0.25, -0.2) is 0 Å². The third kappa shape index (κ3) is 3.51. The highest BCUT2D eigenvalue weighted by atomic mass is 35.5. The molecule has 1 atom stereocenters. The molecule has 1 aliphatic heterocycles.